The Bertz CT molecular complexity index is 270. The molecule has 0 aliphatic carbocycles. The van der Waals surface area contributed by atoms with Crippen molar-refractivity contribution >= 4 is 11.3 Å². The minimum Gasteiger partial charge on any atom is -0.314 e. The summed E-state index contributed by atoms with van der Waals surface area (Å²) in [4.78, 5) is 0. The molecular weight excluding hydrogens is 194 g/mol. The van der Waals surface area contributed by atoms with E-state index in [1.807, 2.05) is 6.92 Å². The fourth-order valence-corrected chi connectivity index (χ4v) is 2.18. The highest BCUT2D eigenvalue weighted by Crippen LogP contribution is 2.14. The zero-order valence-electron chi connectivity index (χ0n) is 9.37. The van der Waals surface area contributed by atoms with Gasteiger partial charge in [-0.3, -0.25) is 0 Å². The second-order valence-electron chi connectivity index (χ2n) is 3.83. The molecule has 0 saturated heterocycles. The van der Waals surface area contributed by atoms with Crippen LogP contribution in [0.4, 0.5) is 0 Å². The maximum Gasteiger partial charge on any atom is 0.119 e. The molecule has 1 aromatic heterocycles. The molecule has 14 heavy (non-hydrogen) atoms. The average molecular weight is 213 g/mol. The van der Waals surface area contributed by atoms with Gasteiger partial charge >= 0.3 is 0 Å². The van der Waals surface area contributed by atoms with Gasteiger partial charge in [0.1, 0.15) is 10.0 Å². The van der Waals surface area contributed by atoms with Crippen LogP contribution in [0.2, 0.25) is 0 Å². The number of likely N-dealkylation sites (N-methyl/N-ethyl adjacent to an activating group) is 1. The van der Waals surface area contributed by atoms with Crippen molar-refractivity contribution in [2.45, 2.75) is 40.2 Å². The van der Waals surface area contributed by atoms with Gasteiger partial charge in [0.2, 0.25) is 0 Å². The fraction of sp³-hybridized carbons (Fsp3) is 0.800. The Morgan fingerprint density at radius 2 is 2.07 bits per heavy atom. The first-order valence-electron chi connectivity index (χ1n) is 5.15. The minimum absolute atomic E-state index is 0.521. The Hall–Kier alpha value is -0.480. The second kappa shape index (κ2) is 5.41. The fourth-order valence-electron chi connectivity index (χ4n) is 1.41. The van der Waals surface area contributed by atoms with Crippen molar-refractivity contribution in [2.75, 3.05) is 6.54 Å². The van der Waals surface area contributed by atoms with Gasteiger partial charge in [-0.2, -0.15) is 0 Å². The number of nitrogens with one attached hydrogen (secondary N) is 1. The molecule has 0 aromatic carbocycles. The van der Waals surface area contributed by atoms with Gasteiger partial charge in [0.15, 0.2) is 0 Å². The van der Waals surface area contributed by atoms with E-state index in [4.69, 9.17) is 0 Å². The molecular formula is C10H19N3S. The van der Waals surface area contributed by atoms with Gasteiger partial charge in [0, 0.05) is 12.5 Å². The Labute approximate surface area is 89.9 Å². The topological polar surface area (TPSA) is 37.8 Å². The normalized spacial score (nSPS) is 13.5. The lowest BCUT2D eigenvalue weighted by molar-refractivity contribution is 0.404. The highest BCUT2D eigenvalue weighted by atomic mass is 32.1. The number of aryl methyl sites for hydroxylation is 1. The van der Waals surface area contributed by atoms with E-state index in [0.717, 1.165) is 23.0 Å². The summed E-state index contributed by atoms with van der Waals surface area (Å²) < 4.78 is 0. The first kappa shape index (κ1) is 11.6. The van der Waals surface area contributed by atoms with E-state index in [0.29, 0.717) is 12.0 Å². The highest BCUT2D eigenvalue weighted by molar-refractivity contribution is 7.11. The van der Waals surface area contributed by atoms with Gasteiger partial charge < -0.3 is 5.32 Å². The molecule has 1 aromatic rings. The monoisotopic (exact) mass is 213 g/mol. The lowest BCUT2D eigenvalue weighted by Crippen LogP contribution is -2.35. The Balaban J connectivity index is 2.55. The summed E-state index contributed by atoms with van der Waals surface area (Å²) in [6.45, 7) is 9.63. The molecule has 0 radical (unpaired) electrons. The van der Waals surface area contributed by atoms with E-state index in [9.17, 15) is 0 Å². The predicted molar refractivity (Wildman–Crippen MR) is 60.7 cm³/mol. The molecule has 0 bridgehead atoms. The van der Waals surface area contributed by atoms with E-state index in [1.165, 1.54) is 0 Å². The summed E-state index contributed by atoms with van der Waals surface area (Å²) in [5, 5.41) is 13.9. The number of aromatic nitrogens is 2. The molecule has 0 aliphatic rings. The largest absolute Gasteiger partial charge is 0.314 e. The molecule has 0 fully saturated rings. The van der Waals surface area contributed by atoms with Crippen LogP contribution < -0.4 is 5.32 Å². The smallest absolute Gasteiger partial charge is 0.119 e. The van der Waals surface area contributed by atoms with Crippen molar-refractivity contribution in [3.8, 4) is 0 Å². The first-order chi connectivity index (χ1) is 6.63. The van der Waals surface area contributed by atoms with Gasteiger partial charge in [-0.05, 0) is 19.4 Å². The third-order valence-corrected chi connectivity index (χ3v) is 3.09. The zero-order valence-corrected chi connectivity index (χ0v) is 10.2. The van der Waals surface area contributed by atoms with Crippen LogP contribution in [0.15, 0.2) is 0 Å². The van der Waals surface area contributed by atoms with Crippen molar-refractivity contribution in [1.82, 2.24) is 15.5 Å². The molecule has 3 nitrogen and oxygen atoms in total. The van der Waals surface area contributed by atoms with Crippen molar-refractivity contribution in [1.29, 1.82) is 0 Å². The van der Waals surface area contributed by atoms with Crippen LogP contribution in [0.3, 0.4) is 0 Å². The molecule has 80 valence electrons. The second-order valence-corrected chi connectivity index (χ2v) is 5.09. The summed E-state index contributed by atoms with van der Waals surface area (Å²) in [5.41, 5.74) is 0. The van der Waals surface area contributed by atoms with Crippen LogP contribution in [-0.2, 0) is 6.42 Å². The maximum absolute atomic E-state index is 4.15. The number of rotatable bonds is 5. The van der Waals surface area contributed by atoms with Crippen LogP contribution in [0.25, 0.3) is 0 Å². The number of nitrogens with zero attached hydrogens (tertiary/aromatic N) is 2. The quantitative estimate of drug-likeness (QED) is 0.813. The van der Waals surface area contributed by atoms with Crippen molar-refractivity contribution < 1.29 is 0 Å². The zero-order chi connectivity index (χ0) is 10.6. The number of hydrogen-bond acceptors (Lipinski definition) is 4. The Morgan fingerprint density at radius 3 is 2.50 bits per heavy atom. The summed E-state index contributed by atoms with van der Waals surface area (Å²) in [5.74, 6) is 0.638. The molecule has 1 rings (SSSR count). The third-order valence-electron chi connectivity index (χ3n) is 2.23. The van der Waals surface area contributed by atoms with Gasteiger partial charge in [-0.1, -0.05) is 20.8 Å². The SMILES string of the molecule is CCNC(Cc1nnc(C)s1)C(C)C. The van der Waals surface area contributed by atoms with E-state index >= 15 is 0 Å². The van der Waals surface area contributed by atoms with E-state index in [2.05, 4.69) is 36.3 Å². The molecule has 0 amide bonds. The van der Waals surface area contributed by atoms with Gasteiger partial charge in [0.25, 0.3) is 0 Å². The molecule has 1 heterocycles. The van der Waals surface area contributed by atoms with Crippen LogP contribution in [0.1, 0.15) is 30.8 Å². The van der Waals surface area contributed by atoms with Gasteiger partial charge in [-0.25, -0.2) is 0 Å². The number of hydrogen-bond donors (Lipinski definition) is 1. The molecule has 1 unspecified atom stereocenters. The maximum atomic E-state index is 4.15. The highest BCUT2D eigenvalue weighted by Gasteiger charge is 2.14. The van der Waals surface area contributed by atoms with Crippen LogP contribution in [0, 0.1) is 12.8 Å². The molecule has 0 saturated carbocycles. The van der Waals surface area contributed by atoms with Crippen LogP contribution in [-0.4, -0.2) is 22.8 Å². The van der Waals surface area contributed by atoms with E-state index < -0.39 is 0 Å². The Morgan fingerprint density at radius 1 is 1.36 bits per heavy atom. The summed E-state index contributed by atoms with van der Waals surface area (Å²) >= 11 is 1.70. The average Bonchev–Trinajstić information content (AvgIpc) is 2.50. The van der Waals surface area contributed by atoms with Gasteiger partial charge in [0.05, 0.1) is 0 Å². The lowest BCUT2D eigenvalue weighted by Gasteiger charge is -2.20. The van der Waals surface area contributed by atoms with Crippen molar-refractivity contribution in [3.63, 3.8) is 0 Å². The van der Waals surface area contributed by atoms with Crippen molar-refractivity contribution in [3.05, 3.63) is 10.0 Å². The predicted octanol–water partition coefficient (Wildman–Crippen LogP) is 2.02. The van der Waals surface area contributed by atoms with Crippen molar-refractivity contribution in [2.24, 2.45) is 5.92 Å². The Kier molecular flexibility index (Phi) is 4.48. The first-order valence-corrected chi connectivity index (χ1v) is 5.97. The van der Waals surface area contributed by atoms with Crippen LogP contribution in [0.5, 0.6) is 0 Å². The molecule has 1 atom stereocenters. The molecule has 0 aliphatic heterocycles. The van der Waals surface area contributed by atoms with E-state index in [1.54, 1.807) is 11.3 Å². The third kappa shape index (κ3) is 3.35. The standard InChI is InChI=1S/C10H19N3S/c1-5-11-9(7(2)3)6-10-13-12-8(4)14-10/h7,9,11H,5-6H2,1-4H3. The van der Waals surface area contributed by atoms with Gasteiger partial charge in [-0.15, -0.1) is 21.5 Å². The van der Waals surface area contributed by atoms with Crippen LogP contribution >= 0.6 is 11.3 Å². The summed E-state index contributed by atoms with van der Waals surface area (Å²) in [7, 11) is 0. The van der Waals surface area contributed by atoms with E-state index in [-0.39, 0.29) is 0 Å². The molecule has 1 N–H and O–H groups in total. The molecule has 4 heteroatoms. The lowest BCUT2D eigenvalue weighted by atomic mass is 10.0. The molecule has 0 spiro atoms. The summed E-state index contributed by atoms with van der Waals surface area (Å²) in [6, 6.07) is 0.521. The minimum atomic E-state index is 0.521. The summed E-state index contributed by atoms with van der Waals surface area (Å²) in [6.07, 6.45) is 0.997.